The maximum absolute atomic E-state index is 10.7. The van der Waals surface area contributed by atoms with Gasteiger partial charge in [-0.1, -0.05) is 13.8 Å². The number of morpholine rings is 1. The molecule has 8 heteroatoms. The van der Waals surface area contributed by atoms with Gasteiger partial charge in [0, 0.05) is 45.8 Å². The van der Waals surface area contributed by atoms with Crippen molar-refractivity contribution in [2.24, 2.45) is 16.8 Å². The molecule has 0 aromatic rings. The molecule has 0 bridgehead atoms. The highest BCUT2D eigenvalue weighted by Gasteiger charge is 2.25. The second-order valence-electron chi connectivity index (χ2n) is 9.42. The molecule has 3 N–H and O–H groups in total. The van der Waals surface area contributed by atoms with Crippen molar-refractivity contribution < 1.29 is 9.84 Å². The van der Waals surface area contributed by atoms with E-state index in [-0.39, 0.29) is 24.0 Å². The van der Waals surface area contributed by atoms with Crippen LogP contribution in [0.1, 0.15) is 47.0 Å². The summed E-state index contributed by atoms with van der Waals surface area (Å²) in [5.41, 5.74) is -0.832. The number of hydrogen-bond acceptors (Lipinski definition) is 5. The minimum Gasteiger partial charge on any atom is -0.387 e. The molecule has 2 saturated heterocycles. The summed E-state index contributed by atoms with van der Waals surface area (Å²) in [6.07, 6.45) is 3.71. The summed E-state index contributed by atoms with van der Waals surface area (Å²) >= 11 is 0. The monoisotopic (exact) mass is 539 g/mol. The van der Waals surface area contributed by atoms with E-state index in [1.165, 1.54) is 32.5 Å². The molecule has 3 atom stereocenters. The van der Waals surface area contributed by atoms with Gasteiger partial charge in [-0.05, 0) is 51.5 Å². The summed E-state index contributed by atoms with van der Waals surface area (Å²) in [4.78, 5) is 9.51. The van der Waals surface area contributed by atoms with E-state index >= 15 is 0 Å². The van der Waals surface area contributed by atoms with Gasteiger partial charge in [-0.15, -0.1) is 24.0 Å². The Hall–Kier alpha value is -0.160. The number of nitrogens with zero attached hydrogens (tertiary/aromatic N) is 3. The van der Waals surface area contributed by atoms with E-state index in [1.54, 1.807) is 0 Å². The SMILES string of the molecule is CCNC(=NCC(C)(O)CN1CCOCC1)NCCCCN1CC(C)CC(C)C1.I. The normalized spacial score (nSPS) is 26.0. The van der Waals surface area contributed by atoms with Crippen LogP contribution in [0.5, 0.6) is 0 Å². The number of rotatable bonds is 10. The highest BCUT2D eigenvalue weighted by atomic mass is 127. The number of likely N-dealkylation sites (tertiary alicyclic amines) is 1. The zero-order valence-electron chi connectivity index (χ0n) is 19.7. The van der Waals surface area contributed by atoms with Gasteiger partial charge >= 0.3 is 0 Å². The fourth-order valence-electron chi connectivity index (χ4n) is 4.52. The number of unbranched alkanes of at least 4 members (excludes halogenated alkanes) is 1. The Labute approximate surface area is 201 Å². The molecule has 0 aromatic carbocycles. The first kappa shape index (κ1) is 27.9. The van der Waals surface area contributed by atoms with Gasteiger partial charge < -0.3 is 25.4 Å². The molecule has 7 nitrogen and oxygen atoms in total. The van der Waals surface area contributed by atoms with Crippen LogP contribution < -0.4 is 10.6 Å². The third-order valence-corrected chi connectivity index (χ3v) is 5.73. The average Bonchev–Trinajstić information content (AvgIpc) is 2.65. The Kier molecular flexibility index (Phi) is 13.8. The lowest BCUT2D eigenvalue weighted by atomic mass is 9.92. The summed E-state index contributed by atoms with van der Waals surface area (Å²) < 4.78 is 5.38. The van der Waals surface area contributed by atoms with Crippen LogP contribution in [0.4, 0.5) is 0 Å². The van der Waals surface area contributed by atoms with Gasteiger partial charge in [-0.25, -0.2) is 0 Å². The molecule has 0 aliphatic carbocycles. The van der Waals surface area contributed by atoms with Crippen molar-refractivity contribution in [3.8, 4) is 0 Å². The van der Waals surface area contributed by atoms with Gasteiger partial charge in [0.1, 0.15) is 0 Å². The summed E-state index contributed by atoms with van der Waals surface area (Å²) in [6.45, 7) is 18.4. The van der Waals surface area contributed by atoms with Crippen molar-refractivity contribution in [2.45, 2.75) is 52.6 Å². The molecule has 178 valence electrons. The average molecular weight is 540 g/mol. The van der Waals surface area contributed by atoms with Crippen molar-refractivity contribution in [1.29, 1.82) is 0 Å². The van der Waals surface area contributed by atoms with Gasteiger partial charge in [0.2, 0.25) is 0 Å². The van der Waals surface area contributed by atoms with E-state index in [2.05, 4.69) is 46.2 Å². The number of ether oxygens (including phenoxy) is 1. The highest BCUT2D eigenvalue weighted by Crippen LogP contribution is 2.20. The first-order valence-electron chi connectivity index (χ1n) is 11.6. The summed E-state index contributed by atoms with van der Waals surface area (Å²) in [5, 5.41) is 17.5. The van der Waals surface area contributed by atoms with E-state index in [9.17, 15) is 5.11 Å². The van der Waals surface area contributed by atoms with Crippen LogP contribution in [-0.2, 0) is 4.74 Å². The number of nitrogens with one attached hydrogen (secondary N) is 2. The van der Waals surface area contributed by atoms with Crippen LogP contribution in [0.15, 0.2) is 4.99 Å². The van der Waals surface area contributed by atoms with Crippen LogP contribution in [0.2, 0.25) is 0 Å². The predicted molar refractivity (Wildman–Crippen MR) is 136 cm³/mol. The van der Waals surface area contributed by atoms with Gasteiger partial charge in [0.05, 0.1) is 25.4 Å². The lowest BCUT2D eigenvalue weighted by molar-refractivity contribution is -0.0179. The Morgan fingerprint density at radius 2 is 1.77 bits per heavy atom. The quantitative estimate of drug-likeness (QED) is 0.171. The van der Waals surface area contributed by atoms with Gasteiger partial charge in [0.25, 0.3) is 0 Å². The lowest BCUT2D eigenvalue weighted by Gasteiger charge is -2.35. The number of hydrogen-bond donors (Lipinski definition) is 3. The van der Waals surface area contributed by atoms with Crippen LogP contribution in [-0.4, -0.2) is 98.6 Å². The first-order valence-corrected chi connectivity index (χ1v) is 11.6. The van der Waals surface area contributed by atoms with Crippen LogP contribution in [0, 0.1) is 11.8 Å². The molecular formula is C22H46IN5O2. The number of guanidine groups is 1. The van der Waals surface area contributed by atoms with Crippen molar-refractivity contribution in [1.82, 2.24) is 20.4 Å². The molecule has 0 spiro atoms. The molecule has 3 unspecified atom stereocenters. The van der Waals surface area contributed by atoms with Gasteiger partial charge in [-0.2, -0.15) is 0 Å². The number of aliphatic imine (C=N–C) groups is 1. The number of piperidine rings is 1. The Morgan fingerprint density at radius 1 is 1.10 bits per heavy atom. The largest absolute Gasteiger partial charge is 0.387 e. The third kappa shape index (κ3) is 11.5. The second-order valence-corrected chi connectivity index (χ2v) is 9.42. The van der Waals surface area contributed by atoms with Crippen molar-refractivity contribution in [2.75, 3.05) is 72.1 Å². The topological polar surface area (TPSA) is 72.4 Å². The minimum atomic E-state index is -0.832. The Bertz CT molecular complexity index is 476. The molecule has 2 heterocycles. The molecular weight excluding hydrogens is 493 g/mol. The zero-order chi connectivity index (χ0) is 21.1. The van der Waals surface area contributed by atoms with Crippen LogP contribution in [0.25, 0.3) is 0 Å². The maximum atomic E-state index is 10.7. The Balaban J connectivity index is 0.00000450. The van der Waals surface area contributed by atoms with E-state index in [0.29, 0.717) is 13.1 Å². The minimum absolute atomic E-state index is 0. The van der Waals surface area contributed by atoms with Gasteiger partial charge in [-0.3, -0.25) is 9.89 Å². The van der Waals surface area contributed by atoms with Crippen molar-refractivity contribution >= 4 is 29.9 Å². The molecule has 2 rings (SSSR count). The van der Waals surface area contributed by atoms with E-state index in [4.69, 9.17) is 4.74 Å². The fourth-order valence-corrected chi connectivity index (χ4v) is 4.52. The highest BCUT2D eigenvalue weighted by molar-refractivity contribution is 14.0. The molecule has 0 aromatic heterocycles. The molecule has 2 aliphatic rings. The molecule has 0 amide bonds. The van der Waals surface area contributed by atoms with Crippen molar-refractivity contribution in [3.63, 3.8) is 0 Å². The number of halogens is 1. The summed E-state index contributed by atoms with van der Waals surface area (Å²) in [6, 6.07) is 0. The Morgan fingerprint density at radius 3 is 2.40 bits per heavy atom. The molecule has 0 saturated carbocycles. The fraction of sp³-hybridized carbons (Fsp3) is 0.955. The standard InChI is InChI=1S/C22H45N5O2.HI/c1-5-23-21(25-17-22(4,28)18-26-10-12-29-13-11-26)24-8-6-7-9-27-15-19(2)14-20(3)16-27;/h19-20,28H,5-18H2,1-4H3,(H2,23,24,25);1H. The summed E-state index contributed by atoms with van der Waals surface area (Å²) in [5.74, 6) is 2.46. The van der Waals surface area contributed by atoms with Crippen LogP contribution >= 0.6 is 24.0 Å². The first-order chi connectivity index (χ1) is 13.9. The zero-order valence-corrected chi connectivity index (χ0v) is 22.0. The smallest absolute Gasteiger partial charge is 0.191 e. The number of aliphatic hydroxyl groups is 1. The van der Waals surface area contributed by atoms with Gasteiger partial charge in [0.15, 0.2) is 5.96 Å². The second kappa shape index (κ2) is 14.8. The third-order valence-electron chi connectivity index (χ3n) is 5.73. The molecule has 2 fully saturated rings. The van der Waals surface area contributed by atoms with Crippen molar-refractivity contribution in [3.05, 3.63) is 0 Å². The van der Waals surface area contributed by atoms with E-state index in [1.807, 2.05) is 6.92 Å². The molecule has 30 heavy (non-hydrogen) atoms. The lowest BCUT2D eigenvalue weighted by Crippen LogP contribution is -2.48. The van der Waals surface area contributed by atoms with E-state index < -0.39 is 5.60 Å². The number of β-amino-alcohol motifs (C(OH)–C–C–N with tert-alkyl or cyclic N) is 1. The predicted octanol–water partition coefficient (Wildman–Crippen LogP) is 2.00. The molecule has 0 radical (unpaired) electrons. The van der Waals surface area contributed by atoms with Crippen LogP contribution in [0.3, 0.4) is 0 Å². The van der Waals surface area contributed by atoms with E-state index in [0.717, 1.165) is 63.6 Å². The molecule has 2 aliphatic heterocycles. The maximum Gasteiger partial charge on any atom is 0.191 e. The summed E-state index contributed by atoms with van der Waals surface area (Å²) in [7, 11) is 0.